The fourth-order valence-electron chi connectivity index (χ4n) is 4.30. The first-order valence-electron chi connectivity index (χ1n) is 11.7. The zero-order valence-electron chi connectivity index (χ0n) is 19.2. The lowest BCUT2D eigenvalue weighted by atomic mass is 10.1. The zero-order chi connectivity index (χ0) is 24.0. The molecule has 0 saturated carbocycles. The lowest BCUT2D eigenvalue weighted by Gasteiger charge is -2.30. The third-order valence-electron chi connectivity index (χ3n) is 6.07. The third kappa shape index (κ3) is 5.56. The molecule has 3 aromatic heterocycles. The van der Waals surface area contributed by atoms with Crippen molar-refractivity contribution in [2.75, 3.05) is 13.2 Å². The summed E-state index contributed by atoms with van der Waals surface area (Å²) >= 11 is 3.05. The number of hydrogen-bond acceptors (Lipinski definition) is 5. The monoisotopic (exact) mass is 505 g/mol. The van der Waals surface area contributed by atoms with Crippen LogP contribution in [0.25, 0.3) is 11.3 Å². The van der Waals surface area contributed by atoms with Gasteiger partial charge in [-0.2, -0.15) is 0 Å². The van der Waals surface area contributed by atoms with Gasteiger partial charge in [0.15, 0.2) is 0 Å². The molecule has 4 aromatic rings. The second-order valence-corrected chi connectivity index (χ2v) is 10.5. The number of thiophene rings is 2. The summed E-state index contributed by atoms with van der Waals surface area (Å²) in [5.41, 5.74) is 2.31. The quantitative estimate of drug-likeness (QED) is 0.316. The zero-order valence-corrected chi connectivity index (χ0v) is 20.8. The summed E-state index contributed by atoms with van der Waals surface area (Å²) in [5, 5.41) is 6.97. The molecule has 1 aliphatic rings. The van der Waals surface area contributed by atoms with Crippen LogP contribution in [0, 0.1) is 0 Å². The van der Waals surface area contributed by atoms with Crippen LogP contribution in [0.4, 0.5) is 0 Å². The van der Waals surface area contributed by atoms with Gasteiger partial charge in [-0.1, -0.05) is 42.5 Å². The van der Waals surface area contributed by atoms with E-state index in [2.05, 4.69) is 10.3 Å². The van der Waals surface area contributed by atoms with Crippen LogP contribution >= 0.6 is 22.7 Å². The van der Waals surface area contributed by atoms with Crippen LogP contribution in [0.3, 0.4) is 0 Å². The van der Waals surface area contributed by atoms with Crippen LogP contribution in [-0.4, -0.2) is 41.0 Å². The molecule has 0 bridgehead atoms. The second kappa shape index (κ2) is 11.0. The minimum Gasteiger partial charge on any atom is -0.376 e. The topological polar surface area (TPSA) is 74.4 Å². The number of carbonyl (C=O) groups is 2. The predicted molar refractivity (Wildman–Crippen MR) is 139 cm³/mol. The van der Waals surface area contributed by atoms with E-state index in [1.807, 2.05) is 71.4 Å². The fourth-order valence-corrected chi connectivity index (χ4v) is 5.84. The number of ether oxygens (including phenoxy) is 1. The lowest BCUT2D eigenvalue weighted by Crippen LogP contribution is -2.44. The largest absolute Gasteiger partial charge is 0.376 e. The van der Waals surface area contributed by atoms with Crippen molar-refractivity contribution in [1.82, 2.24) is 15.2 Å². The number of nitrogens with zero attached hydrogens (tertiary/aromatic N) is 1. The second-order valence-electron chi connectivity index (χ2n) is 8.46. The van der Waals surface area contributed by atoms with Gasteiger partial charge in [0.05, 0.1) is 12.6 Å². The molecule has 2 amide bonds. The molecule has 5 rings (SSSR count). The first kappa shape index (κ1) is 23.5. The van der Waals surface area contributed by atoms with Crippen LogP contribution in [0.15, 0.2) is 77.5 Å². The van der Waals surface area contributed by atoms with Crippen molar-refractivity contribution in [1.29, 1.82) is 0 Å². The number of hydrogen-bond donors (Lipinski definition) is 2. The molecule has 0 aliphatic carbocycles. The van der Waals surface area contributed by atoms with Crippen molar-refractivity contribution in [2.45, 2.75) is 31.5 Å². The Morgan fingerprint density at radius 1 is 1.03 bits per heavy atom. The molecule has 35 heavy (non-hydrogen) atoms. The number of amides is 2. The van der Waals surface area contributed by atoms with Crippen LogP contribution in [0.2, 0.25) is 0 Å². The maximum absolute atomic E-state index is 13.9. The molecule has 2 atom stereocenters. The summed E-state index contributed by atoms with van der Waals surface area (Å²) in [6.45, 7) is 1.52. The summed E-state index contributed by atoms with van der Waals surface area (Å²) in [6.07, 6.45) is 1.97. The number of aromatic amines is 1. The van der Waals surface area contributed by atoms with Crippen molar-refractivity contribution < 1.29 is 14.3 Å². The summed E-state index contributed by atoms with van der Waals surface area (Å²) in [5.74, 6) is -0.408. The van der Waals surface area contributed by atoms with Gasteiger partial charge >= 0.3 is 0 Å². The summed E-state index contributed by atoms with van der Waals surface area (Å²) in [4.78, 5) is 34.3. The highest BCUT2D eigenvalue weighted by Gasteiger charge is 2.34. The van der Waals surface area contributed by atoms with Crippen molar-refractivity contribution in [2.24, 2.45) is 0 Å². The van der Waals surface area contributed by atoms with Gasteiger partial charge in [-0.05, 0) is 53.4 Å². The minimum atomic E-state index is -0.741. The SMILES string of the molecule is O=C(NCC1CCCO1)C(c1cccs1)N(Cc1cccs1)C(=O)c1ccc(-c2ccccc2)[nH]1. The maximum Gasteiger partial charge on any atom is 0.271 e. The average Bonchev–Trinajstić information content (AvgIpc) is 3.71. The highest BCUT2D eigenvalue weighted by atomic mass is 32.1. The van der Waals surface area contributed by atoms with Gasteiger partial charge < -0.3 is 19.9 Å². The summed E-state index contributed by atoms with van der Waals surface area (Å²) < 4.78 is 5.69. The van der Waals surface area contributed by atoms with Crippen molar-refractivity contribution in [3.8, 4) is 11.3 Å². The van der Waals surface area contributed by atoms with Crippen LogP contribution in [0.1, 0.15) is 39.1 Å². The molecule has 2 N–H and O–H groups in total. The number of nitrogens with one attached hydrogen (secondary N) is 2. The molecule has 0 radical (unpaired) electrons. The van der Waals surface area contributed by atoms with Crippen LogP contribution in [0.5, 0.6) is 0 Å². The fraction of sp³-hybridized carbons (Fsp3) is 0.259. The summed E-state index contributed by atoms with van der Waals surface area (Å²) in [6, 6.07) is 20.6. The molecule has 180 valence electrons. The van der Waals surface area contributed by atoms with E-state index in [0.717, 1.165) is 40.5 Å². The molecule has 1 aliphatic heterocycles. The van der Waals surface area contributed by atoms with E-state index in [0.29, 0.717) is 18.8 Å². The Balaban J connectivity index is 1.45. The number of H-pyrrole nitrogens is 1. The van der Waals surface area contributed by atoms with E-state index in [1.165, 1.54) is 11.3 Å². The first-order chi connectivity index (χ1) is 17.2. The smallest absolute Gasteiger partial charge is 0.271 e. The van der Waals surface area contributed by atoms with E-state index in [4.69, 9.17) is 4.74 Å². The predicted octanol–water partition coefficient (Wildman–Crippen LogP) is 5.48. The molecule has 1 saturated heterocycles. The van der Waals surface area contributed by atoms with E-state index < -0.39 is 6.04 Å². The maximum atomic E-state index is 13.9. The van der Waals surface area contributed by atoms with E-state index in [-0.39, 0.29) is 17.9 Å². The Morgan fingerprint density at radius 3 is 2.57 bits per heavy atom. The lowest BCUT2D eigenvalue weighted by molar-refractivity contribution is -0.126. The highest BCUT2D eigenvalue weighted by Crippen LogP contribution is 2.30. The average molecular weight is 506 g/mol. The number of aromatic nitrogens is 1. The van der Waals surface area contributed by atoms with Gasteiger partial charge in [0, 0.05) is 28.6 Å². The number of benzene rings is 1. The normalized spacial score (nSPS) is 16.2. The van der Waals surface area contributed by atoms with Gasteiger partial charge in [0.25, 0.3) is 5.91 Å². The van der Waals surface area contributed by atoms with Gasteiger partial charge in [-0.15, -0.1) is 22.7 Å². The molecular formula is C27H27N3O3S2. The molecular weight excluding hydrogens is 478 g/mol. The third-order valence-corrected chi connectivity index (χ3v) is 7.85. The highest BCUT2D eigenvalue weighted by molar-refractivity contribution is 7.10. The molecule has 6 nitrogen and oxygen atoms in total. The molecule has 1 fully saturated rings. The Morgan fingerprint density at radius 2 is 1.86 bits per heavy atom. The van der Waals surface area contributed by atoms with Crippen LogP contribution < -0.4 is 5.32 Å². The van der Waals surface area contributed by atoms with E-state index in [1.54, 1.807) is 22.3 Å². The first-order valence-corrected chi connectivity index (χ1v) is 13.5. The number of carbonyl (C=O) groups excluding carboxylic acids is 2. The Kier molecular flexibility index (Phi) is 7.42. The van der Waals surface area contributed by atoms with Crippen molar-refractivity contribution in [3.63, 3.8) is 0 Å². The van der Waals surface area contributed by atoms with Crippen LogP contribution in [-0.2, 0) is 16.1 Å². The molecule has 1 aromatic carbocycles. The number of rotatable bonds is 9. The van der Waals surface area contributed by atoms with Crippen molar-refractivity contribution in [3.05, 3.63) is 92.9 Å². The molecule has 8 heteroatoms. The molecule has 0 spiro atoms. The summed E-state index contributed by atoms with van der Waals surface area (Å²) in [7, 11) is 0. The molecule has 2 unspecified atom stereocenters. The van der Waals surface area contributed by atoms with Gasteiger partial charge in [0.1, 0.15) is 11.7 Å². The standard InChI is InChI=1S/C27H27N3O3S2/c31-26(28-17-20-9-4-14-33-20)25(24-11-6-16-35-24)30(18-21-10-5-15-34-21)27(32)23-13-12-22(29-23)19-7-2-1-3-8-19/h1-3,5-8,10-13,15-16,20,25,29H,4,9,14,17-18H2,(H,28,31). The van der Waals surface area contributed by atoms with E-state index >= 15 is 0 Å². The van der Waals surface area contributed by atoms with Gasteiger partial charge in [0.2, 0.25) is 5.91 Å². The Labute approximate surface area is 212 Å². The molecule has 4 heterocycles. The van der Waals surface area contributed by atoms with E-state index in [9.17, 15) is 9.59 Å². The van der Waals surface area contributed by atoms with Gasteiger partial charge in [-0.3, -0.25) is 9.59 Å². The Bertz CT molecular complexity index is 1230. The van der Waals surface area contributed by atoms with Gasteiger partial charge in [-0.25, -0.2) is 0 Å². The Hall–Kier alpha value is -3.20. The van der Waals surface area contributed by atoms with Crippen molar-refractivity contribution >= 4 is 34.5 Å². The minimum absolute atomic E-state index is 0.0289.